The molecule has 7 nitrogen and oxygen atoms in total. The maximum absolute atomic E-state index is 13.9. The number of benzene rings is 2. The Hall–Kier alpha value is -3.33. The number of carbonyl (C=O) groups excluding carboxylic acids is 3. The summed E-state index contributed by atoms with van der Waals surface area (Å²) in [5.74, 6) is -2.83. The summed E-state index contributed by atoms with van der Waals surface area (Å²) in [6.07, 6.45) is 0. The second-order valence-electron chi connectivity index (χ2n) is 6.66. The van der Waals surface area contributed by atoms with Crippen molar-refractivity contribution in [2.24, 2.45) is 5.92 Å². The van der Waals surface area contributed by atoms with Crippen molar-refractivity contribution >= 4 is 45.1 Å². The second-order valence-corrected chi connectivity index (χ2v) is 7.89. The number of nitrogens with zero attached hydrogens (tertiary/aromatic N) is 2. The van der Waals surface area contributed by atoms with Crippen molar-refractivity contribution in [1.82, 2.24) is 15.2 Å². The molecule has 0 spiro atoms. The highest BCUT2D eigenvalue weighted by Crippen LogP contribution is 2.25. The first-order valence-electron chi connectivity index (χ1n) is 8.93. The number of thiazole rings is 1. The molecule has 2 heterocycles. The molecule has 4 amide bonds. The Morgan fingerprint density at radius 1 is 1.31 bits per heavy atom. The first-order valence-corrected chi connectivity index (χ1v) is 9.74. The monoisotopic (exact) mass is 412 g/mol. The molecule has 1 aromatic heterocycles. The molecule has 0 radical (unpaired) electrons. The quantitative estimate of drug-likeness (QED) is 0.645. The van der Waals surface area contributed by atoms with Gasteiger partial charge in [-0.1, -0.05) is 18.2 Å². The second kappa shape index (κ2) is 7.59. The largest absolute Gasteiger partial charge is 0.336 e. The van der Waals surface area contributed by atoms with E-state index in [-0.39, 0.29) is 18.7 Å². The molecule has 0 aliphatic carbocycles. The molecule has 0 bridgehead atoms. The third kappa shape index (κ3) is 3.81. The number of nitrogens with one attached hydrogen (secondary N) is 2. The van der Waals surface area contributed by atoms with E-state index in [9.17, 15) is 18.8 Å². The molecule has 1 aliphatic heterocycles. The van der Waals surface area contributed by atoms with Gasteiger partial charge >= 0.3 is 6.03 Å². The minimum Gasteiger partial charge on any atom is -0.336 e. The van der Waals surface area contributed by atoms with Crippen molar-refractivity contribution in [3.05, 3.63) is 58.9 Å². The highest BCUT2D eigenvalue weighted by atomic mass is 32.1. The van der Waals surface area contributed by atoms with Gasteiger partial charge in [-0.05, 0) is 31.2 Å². The zero-order valence-corrected chi connectivity index (χ0v) is 16.3. The molecule has 148 valence electrons. The van der Waals surface area contributed by atoms with Gasteiger partial charge in [0.1, 0.15) is 11.7 Å². The number of aryl methyl sites for hydroxylation is 1. The zero-order chi connectivity index (χ0) is 20.5. The average Bonchev–Trinajstić information content (AvgIpc) is 3.05. The lowest BCUT2D eigenvalue weighted by Crippen LogP contribution is -2.57. The molecule has 0 saturated carbocycles. The Kier molecular flexibility index (Phi) is 4.98. The van der Waals surface area contributed by atoms with Crippen LogP contribution in [0, 0.1) is 18.7 Å². The van der Waals surface area contributed by atoms with Crippen molar-refractivity contribution in [3.63, 3.8) is 0 Å². The van der Waals surface area contributed by atoms with Crippen LogP contribution in [0.3, 0.4) is 0 Å². The Balaban J connectivity index is 1.50. The molecule has 2 N–H and O–H groups in total. The van der Waals surface area contributed by atoms with Crippen LogP contribution in [0.1, 0.15) is 10.6 Å². The molecular formula is C20H17FN4O3S. The lowest BCUT2D eigenvalue weighted by Gasteiger charge is -2.30. The summed E-state index contributed by atoms with van der Waals surface area (Å²) in [4.78, 5) is 42.8. The van der Waals surface area contributed by atoms with Gasteiger partial charge < -0.3 is 10.6 Å². The molecule has 1 fully saturated rings. The van der Waals surface area contributed by atoms with Crippen LogP contribution in [-0.4, -0.2) is 34.3 Å². The fraction of sp³-hybridized carbons (Fsp3) is 0.200. The third-order valence-electron chi connectivity index (χ3n) is 4.63. The summed E-state index contributed by atoms with van der Waals surface area (Å²) in [7, 11) is 0. The van der Waals surface area contributed by atoms with Crippen molar-refractivity contribution < 1.29 is 18.8 Å². The number of fused-ring (bicyclic) bond motifs is 1. The molecular weight excluding hydrogens is 395 g/mol. The van der Waals surface area contributed by atoms with Crippen molar-refractivity contribution in [1.29, 1.82) is 0 Å². The topological polar surface area (TPSA) is 91.4 Å². The van der Waals surface area contributed by atoms with Crippen LogP contribution in [0.15, 0.2) is 42.5 Å². The normalized spacial score (nSPS) is 16.8. The Labute approximate surface area is 169 Å². The van der Waals surface area contributed by atoms with Crippen LogP contribution >= 0.6 is 11.3 Å². The number of rotatable bonds is 4. The van der Waals surface area contributed by atoms with Gasteiger partial charge in [-0.2, -0.15) is 0 Å². The number of carbonyl (C=O) groups is 3. The van der Waals surface area contributed by atoms with Crippen molar-refractivity contribution in [2.45, 2.75) is 13.5 Å². The van der Waals surface area contributed by atoms with E-state index in [1.54, 1.807) is 29.5 Å². The molecule has 3 aromatic rings. The van der Waals surface area contributed by atoms with Crippen LogP contribution in [0.4, 0.5) is 14.9 Å². The molecule has 1 aliphatic rings. The average molecular weight is 412 g/mol. The summed E-state index contributed by atoms with van der Waals surface area (Å²) in [6, 6.07) is 10.6. The zero-order valence-electron chi connectivity index (χ0n) is 15.4. The predicted octanol–water partition coefficient (Wildman–Crippen LogP) is 3.05. The minimum absolute atomic E-state index is 0.116. The molecule has 29 heavy (non-hydrogen) atoms. The molecule has 2 aromatic carbocycles. The van der Waals surface area contributed by atoms with Crippen LogP contribution in [0.5, 0.6) is 0 Å². The minimum atomic E-state index is -1.10. The van der Waals surface area contributed by atoms with Crippen molar-refractivity contribution in [2.75, 3.05) is 11.9 Å². The first kappa shape index (κ1) is 19.0. The van der Waals surface area contributed by atoms with Crippen LogP contribution < -0.4 is 10.6 Å². The third-order valence-corrected chi connectivity index (χ3v) is 5.58. The van der Waals surface area contributed by atoms with E-state index in [0.29, 0.717) is 5.69 Å². The van der Waals surface area contributed by atoms with E-state index in [4.69, 9.17) is 0 Å². The van der Waals surface area contributed by atoms with Gasteiger partial charge in [0, 0.05) is 17.8 Å². The van der Waals surface area contributed by atoms with Gasteiger partial charge in [0.15, 0.2) is 0 Å². The van der Waals surface area contributed by atoms with E-state index in [1.165, 1.54) is 18.2 Å². The predicted molar refractivity (Wildman–Crippen MR) is 107 cm³/mol. The van der Waals surface area contributed by atoms with Crippen LogP contribution in [0.25, 0.3) is 10.2 Å². The smallest absolute Gasteiger partial charge is 0.324 e. The Morgan fingerprint density at radius 3 is 2.90 bits per heavy atom. The van der Waals surface area contributed by atoms with Crippen LogP contribution in [-0.2, 0) is 16.1 Å². The maximum atomic E-state index is 13.9. The highest BCUT2D eigenvalue weighted by Gasteiger charge is 2.38. The Bertz CT molecular complexity index is 1130. The van der Waals surface area contributed by atoms with Crippen LogP contribution in [0.2, 0.25) is 0 Å². The molecule has 1 unspecified atom stereocenters. The van der Waals surface area contributed by atoms with E-state index in [1.807, 2.05) is 13.0 Å². The molecule has 1 atom stereocenters. The fourth-order valence-electron chi connectivity index (χ4n) is 3.16. The van der Waals surface area contributed by atoms with Gasteiger partial charge in [-0.25, -0.2) is 14.2 Å². The first-order chi connectivity index (χ1) is 13.9. The van der Waals surface area contributed by atoms with Crippen molar-refractivity contribution in [3.8, 4) is 0 Å². The fourth-order valence-corrected chi connectivity index (χ4v) is 3.97. The van der Waals surface area contributed by atoms with E-state index < -0.39 is 29.6 Å². The van der Waals surface area contributed by atoms with E-state index >= 15 is 0 Å². The van der Waals surface area contributed by atoms with Gasteiger partial charge in [-0.3, -0.25) is 14.5 Å². The lowest BCUT2D eigenvalue weighted by atomic mass is 10.0. The molecule has 4 rings (SSSR count). The number of anilines is 1. The maximum Gasteiger partial charge on any atom is 0.324 e. The summed E-state index contributed by atoms with van der Waals surface area (Å²) in [5, 5.41) is 6.15. The lowest BCUT2D eigenvalue weighted by molar-refractivity contribution is -0.139. The summed E-state index contributed by atoms with van der Waals surface area (Å²) < 4.78 is 14.9. The number of halogens is 1. The SMILES string of the molecule is Cc1nc2cc(NC(=O)C3CNC(=O)N(Cc4ccccc4F)C3=O)ccc2s1. The summed E-state index contributed by atoms with van der Waals surface area (Å²) in [6.45, 7) is 1.54. The van der Waals surface area contributed by atoms with Gasteiger partial charge in [-0.15, -0.1) is 11.3 Å². The molecule has 9 heteroatoms. The number of hydrogen-bond donors (Lipinski definition) is 2. The molecule has 1 saturated heterocycles. The van der Waals surface area contributed by atoms with Gasteiger partial charge in [0.05, 0.1) is 21.8 Å². The van der Waals surface area contributed by atoms with Gasteiger partial charge in [0.2, 0.25) is 11.8 Å². The number of amides is 4. The number of urea groups is 1. The van der Waals surface area contributed by atoms with Gasteiger partial charge in [0.25, 0.3) is 0 Å². The number of aromatic nitrogens is 1. The Morgan fingerprint density at radius 2 is 2.10 bits per heavy atom. The number of imide groups is 1. The summed E-state index contributed by atoms with van der Waals surface area (Å²) in [5.41, 5.74) is 1.47. The highest BCUT2D eigenvalue weighted by molar-refractivity contribution is 7.18. The van der Waals surface area contributed by atoms with E-state index in [2.05, 4.69) is 15.6 Å². The standard InChI is InChI=1S/C20H17FN4O3S/c1-11-23-16-8-13(6-7-17(16)29-11)24-18(26)14-9-22-20(28)25(19(14)27)10-12-4-2-3-5-15(12)21/h2-8,14H,9-10H2,1H3,(H,22,28)(H,24,26). The summed E-state index contributed by atoms with van der Waals surface area (Å²) >= 11 is 1.55. The number of hydrogen-bond acceptors (Lipinski definition) is 5. The van der Waals surface area contributed by atoms with E-state index in [0.717, 1.165) is 20.1 Å².